The zero-order chi connectivity index (χ0) is 38.8. The van der Waals surface area contributed by atoms with Gasteiger partial charge >= 0.3 is 12.1 Å². The third-order valence-electron chi connectivity index (χ3n) is 10.3. The number of allylic oxidation sites excluding steroid dienone is 4. The van der Waals surface area contributed by atoms with Gasteiger partial charge in [0, 0.05) is 60.9 Å². The number of hydrogen-bond donors (Lipinski definition) is 6. The van der Waals surface area contributed by atoms with Crippen LogP contribution in [-0.4, -0.2) is 76.9 Å². The average Bonchev–Trinajstić information content (AvgIpc) is 3.96. The number of amides is 6. The maximum absolute atomic E-state index is 13.2. The number of unbranched alkanes of at least 4 members (excludes halogenated alkanes) is 1. The Morgan fingerprint density at radius 2 is 1.87 bits per heavy atom. The highest BCUT2D eigenvalue weighted by Gasteiger charge is 2.42. The van der Waals surface area contributed by atoms with Crippen molar-refractivity contribution in [3.8, 4) is 0 Å². The first-order valence-electron chi connectivity index (χ1n) is 19.2. The molecule has 1 aromatic heterocycles. The first kappa shape index (κ1) is 40.0. The lowest BCUT2D eigenvalue weighted by Crippen LogP contribution is -2.39. The summed E-state index contributed by atoms with van der Waals surface area (Å²) in [5, 5.41) is 23.1. The Morgan fingerprint density at radius 3 is 2.75 bits per heavy atom. The summed E-state index contributed by atoms with van der Waals surface area (Å²) in [5.74, 6) is 0.614. The van der Waals surface area contributed by atoms with E-state index in [1.54, 1.807) is 16.9 Å². The highest BCUT2D eigenvalue weighted by Crippen LogP contribution is 2.36. The molecule has 2 aromatic rings. The minimum Gasteiger partial charge on any atom is -0.356 e. The van der Waals surface area contributed by atoms with Crippen molar-refractivity contribution in [1.82, 2.24) is 41.0 Å². The molecule has 3 atom stereocenters. The Morgan fingerprint density at radius 1 is 1.00 bits per heavy atom. The predicted octanol–water partition coefficient (Wildman–Crippen LogP) is 4.56. The standard InChI is InChI=1S/C38H51N9O6S2/c1-25-10-3-2-4-11-26-12-7-15-30(26)35(25)42-38(51)45-55(52,53)29-14-8-13-27(22-29)40-34(49)19-18-28-23-47(46-44-28)21-9-20-39-33(48)17-6-5-16-32-36-31(24-54-32)41-37(50)43-36/h8,11,13-14,22-23,31-32,36H,1-7,9-10,12,15-21,24H2,(H,39,48)(H,40,49)(H2,41,43,50)(H2,42,45,51)/b26-11-,35-30+/t31-,32-,36-/m0/s1. The fraction of sp³-hybridized carbons (Fsp3) is 0.526. The van der Waals surface area contributed by atoms with Gasteiger partial charge in [0.1, 0.15) is 0 Å². The Labute approximate surface area is 326 Å². The lowest BCUT2D eigenvalue weighted by Gasteiger charge is -2.17. The maximum atomic E-state index is 13.2. The van der Waals surface area contributed by atoms with Gasteiger partial charge in [0.05, 0.1) is 22.7 Å². The minimum atomic E-state index is -4.25. The van der Waals surface area contributed by atoms with Crippen LogP contribution in [0, 0.1) is 0 Å². The van der Waals surface area contributed by atoms with E-state index in [9.17, 15) is 27.6 Å². The Balaban J connectivity index is 0.881. The molecule has 15 nitrogen and oxygen atoms in total. The van der Waals surface area contributed by atoms with E-state index < -0.39 is 16.1 Å². The number of carbonyl (C=O) groups excluding carboxylic acids is 4. The summed E-state index contributed by atoms with van der Waals surface area (Å²) in [6.07, 6.45) is 14.6. The van der Waals surface area contributed by atoms with E-state index in [-0.39, 0.29) is 46.9 Å². The SMILES string of the molecule is C=C1CCCC/C=C2/CCC/C2=C/1NC(=O)NS(=O)(=O)c1cccc(NC(=O)CCc2cn(CCCNC(=O)CCCC[C@@H]3SC[C@@H]4NC(=O)N[C@@H]43)nn2)c1. The third kappa shape index (κ3) is 11.2. The number of aromatic nitrogens is 3. The summed E-state index contributed by atoms with van der Waals surface area (Å²) in [7, 11) is -4.25. The number of nitrogens with zero attached hydrogens (tertiary/aromatic N) is 3. The number of nitrogens with one attached hydrogen (secondary N) is 6. The fourth-order valence-corrected chi connectivity index (χ4v) is 9.96. The van der Waals surface area contributed by atoms with Crippen LogP contribution in [0.4, 0.5) is 15.3 Å². The van der Waals surface area contributed by atoms with E-state index in [0.717, 1.165) is 81.1 Å². The molecule has 6 rings (SSSR count). The number of fused-ring (bicyclic) bond motifs is 2. The summed E-state index contributed by atoms with van der Waals surface area (Å²) >= 11 is 1.88. The molecular weight excluding hydrogens is 743 g/mol. The van der Waals surface area contributed by atoms with Crippen LogP contribution in [0.3, 0.4) is 0 Å². The molecule has 0 bridgehead atoms. The molecule has 3 heterocycles. The molecule has 2 saturated heterocycles. The highest BCUT2D eigenvalue weighted by molar-refractivity contribution is 8.00. The van der Waals surface area contributed by atoms with Gasteiger partial charge in [-0.2, -0.15) is 11.8 Å². The first-order valence-corrected chi connectivity index (χ1v) is 21.8. The number of anilines is 1. The van der Waals surface area contributed by atoms with Crippen LogP contribution in [0.1, 0.15) is 89.2 Å². The van der Waals surface area contributed by atoms with E-state index in [0.29, 0.717) is 49.0 Å². The van der Waals surface area contributed by atoms with Gasteiger partial charge in [0.2, 0.25) is 11.8 Å². The summed E-state index contributed by atoms with van der Waals surface area (Å²) in [5.41, 5.74) is 4.54. The third-order valence-corrected chi connectivity index (χ3v) is 13.1. The van der Waals surface area contributed by atoms with E-state index in [1.807, 2.05) is 11.8 Å². The van der Waals surface area contributed by atoms with E-state index in [4.69, 9.17) is 0 Å². The maximum Gasteiger partial charge on any atom is 0.333 e. The van der Waals surface area contributed by atoms with Crippen LogP contribution in [0.25, 0.3) is 0 Å². The molecular formula is C38H51N9O6S2. The predicted molar refractivity (Wildman–Crippen MR) is 210 cm³/mol. The molecule has 4 aliphatic rings. The molecule has 0 unspecified atom stereocenters. The van der Waals surface area contributed by atoms with Gasteiger partial charge < -0.3 is 26.6 Å². The Hall–Kier alpha value is -4.64. The van der Waals surface area contributed by atoms with Crippen molar-refractivity contribution in [2.75, 3.05) is 17.6 Å². The summed E-state index contributed by atoms with van der Waals surface area (Å²) < 4.78 is 30.2. The van der Waals surface area contributed by atoms with Crippen LogP contribution >= 0.6 is 11.8 Å². The number of hydrogen-bond acceptors (Lipinski definition) is 9. The molecule has 6 amide bonds. The largest absolute Gasteiger partial charge is 0.356 e. The number of rotatable bonds is 16. The monoisotopic (exact) mass is 793 g/mol. The normalized spacial score (nSPS) is 23.2. The van der Waals surface area contributed by atoms with Crippen LogP contribution in [-0.2, 0) is 32.6 Å². The van der Waals surface area contributed by atoms with Crippen molar-refractivity contribution >= 4 is 51.3 Å². The summed E-state index contributed by atoms with van der Waals surface area (Å²) in [4.78, 5) is 49.4. The minimum absolute atomic E-state index is 0.0172. The quantitative estimate of drug-likeness (QED) is 0.104. The van der Waals surface area contributed by atoms with Gasteiger partial charge in [-0.05, 0) is 99.1 Å². The van der Waals surface area contributed by atoms with Crippen LogP contribution in [0.15, 0.2) is 70.4 Å². The number of urea groups is 2. The molecule has 17 heteroatoms. The van der Waals surface area contributed by atoms with Gasteiger partial charge in [-0.3, -0.25) is 14.3 Å². The molecule has 296 valence electrons. The molecule has 1 saturated carbocycles. The topological polar surface area (TPSA) is 205 Å². The molecule has 2 aliphatic carbocycles. The van der Waals surface area contributed by atoms with Gasteiger partial charge in [-0.15, -0.1) is 5.10 Å². The molecule has 3 fully saturated rings. The average molecular weight is 794 g/mol. The fourth-order valence-electron chi connectivity index (χ4n) is 7.46. The number of benzene rings is 1. The van der Waals surface area contributed by atoms with Crippen LogP contribution in [0.2, 0.25) is 0 Å². The van der Waals surface area contributed by atoms with E-state index >= 15 is 0 Å². The molecule has 0 radical (unpaired) electrons. The van der Waals surface area contributed by atoms with Crippen molar-refractivity contribution in [1.29, 1.82) is 0 Å². The summed E-state index contributed by atoms with van der Waals surface area (Å²) in [6, 6.07) is 5.20. The van der Waals surface area contributed by atoms with E-state index in [2.05, 4.69) is 54.3 Å². The second-order valence-corrected chi connectivity index (χ2v) is 17.4. The van der Waals surface area contributed by atoms with Crippen molar-refractivity contribution in [2.24, 2.45) is 0 Å². The van der Waals surface area contributed by atoms with Crippen molar-refractivity contribution in [2.45, 2.75) is 119 Å². The smallest absolute Gasteiger partial charge is 0.333 e. The Kier molecular flexibility index (Phi) is 13.7. The summed E-state index contributed by atoms with van der Waals surface area (Å²) in [6.45, 7) is 5.25. The lowest BCUT2D eigenvalue weighted by atomic mass is 10.0. The highest BCUT2D eigenvalue weighted by atomic mass is 32.2. The Bertz CT molecular complexity index is 1940. The zero-order valence-corrected chi connectivity index (χ0v) is 32.7. The van der Waals surface area contributed by atoms with E-state index in [1.165, 1.54) is 23.8 Å². The van der Waals surface area contributed by atoms with Gasteiger partial charge in [0.25, 0.3) is 10.0 Å². The van der Waals surface area contributed by atoms with Crippen molar-refractivity contribution in [3.63, 3.8) is 0 Å². The van der Waals surface area contributed by atoms with Gasteiger partial charge in [-0.25, -0.2) is 22.7 Å². The van der Waals surface area contributed by atoms with Crippen LogP contribution in [0.5, 0.6) is 0 Å². The van der Waals surface area contributed by atoms with Gasteiger partial charge in [0.15, 0.2) is 0 Å². The van der Waals surface area contributed by atoms with Crippen molar-refractivity contribution < 1.29 is 27.6 Å². The second kappa shape index (κ2) is 18.8. The molecule has 1 aromatic carbocycles. The molecule has 2 aliphatic heterocycles. The second-order valence-electron chi connectivity index (χ2n) is 14.5. The zero-order valence-electron chi connectivity index (χ0n) is 31.0. The molecule has 0 spiro atoms. The lowest BCUT2D eigenvalue weighted by molar-refractivity contribution is -0.121. The molecule has 55 heavy (non-hydrogen) atoms. The number of sulfonamides is 1. The molecule has 6 N–H and O–H groups in total. The number of thioether (sulfide) groups is 1. The number of aryl methyl sites for hydroxylation is 2. The van der Waals surface area contributed by atoms with Gasteiger partial charge in [-0.1, -0.05) is 30.4 Å². The number of carbonyl (C=O) groups is 4. The van der Waals surface area contributed by atoms with Crippen molar-refractivity contribution in [3.05, 3.63) is 71.2 Å². The first-order chi connectivity index (χ1) is 26.5. The van der Waals surface area contributed by atoms with Crippen LogP contribution < -0.4 is 31.3 Å².